The number of rotatable bonds is 4. The van der Waals surface area contributed by atoms with Gasteiger partial charge < -0.3 is 10.1 Å². The number of nitrogens with one attached hydrogen (secondary N) is 1. The van der Waals surface area contributed by atoms with E-state index in [2.05, 4.69) is 5.32 Å². The van der Waals surface area contributed by atoms with Crippen molar-refractivity contribution in [1.29, 1.82) is 5.26 Å². The van der Waals surface area contributed by atoms with Gasteiger partial charge in [0.2, 0.25) is 10.0 Å². The van der Waals surface area contributed by atoms with Gasteiger partial charge in [-0.3, -0.25) is 4.79 Å². The van der Waals surface area contributed by atoms with Gasteiger partial charge in [0, 0.05) is 24.3 Å². The van der Waals surface area contributed by atoms with E-state index in [9.17, 15) is 13.2 Å². The summed E-state index contributed by atoms with van der Waals surface area (Å²) in [4.78, 5) is 12.5. The molecular formula is C18H16ClN3O4S. The predicted molar refractivity (Wildman–Crippen MR) is 100 cm³/mol. The highest BCUT2D eigenvalue weighted by Crippen LogP contribution is 2.22. The lowest BCUT2D eigenvalue weighted by molar-refractivity contribution is 0.0730. The molecule has 9 heteroatoms. The molecule has 1 heterocycles. The van der Waals surface area contributed by atoms with Crippen LogP contribution in [0.4, 0.5) is 5.69 Å². The average molecular weight is 406 g/mol. The Kier molecular flexibility index (Phi) is 5.77. The lowest BCUT2D eigenvalue weighted by atomic mass is 10.2. The van der Waals surface area contributed by atoms with E-state index in [-0.39, 0.29) is 34.1 Å². The minimum atomic E-state index is -3.69. The molecule has 1 aliphatic heterocycles. The zero-order valence-corrected chi connectivity index (χ0v) is 15.8. The molecule has 2 aromatic rings. The minimum Gasteiger partial charge on any atom is -0.379 e. The number of ether oxygens (including phenoxy) is 1. The van der Waals surface area contributed by atoms with E-state index < -0.39 is 15.9 Å². The third-order valence-corrected chi connectivity index (χ3v) is 6.27. The molecule has 7 nitrogen and oxygen atoms in total. The number of morpholine rings is 1. The van der Waals surface area contributed by atoms with E-state index >= 15 is 0 Å². The van der Waals surface area contributed by atoms with Gasteiger partial charge in [0.25, 0.3) is 5.91 Å². The van der Waals surface area contributed by atoms with Crippen molar-refractivity contribution >= 4 is 33.2 Å². The number of hydrogen-bond donors (Lipinski definition) is 1. The van der Waals surface area contributed by atoms with Gasteiger partial charge >= 0.3 is 0 Å². The molecule has 0 spiro atoms. The highest BCUT2D eigenvalue weighted by molar-refractivity contribution is 7.89. The van der Waals surface area contributed by atoms with Crippen molar-refractivity contribution in [1.82, 2.24) is 4.31 Å². The number of halogens is 1. The number of carbonyl (C=O) groups is 1. The number of benzene rings is 2. The smallest absolute Gasteiger partial charge is 0.255 e. The van der Waals surface area contributed by atoms with Gasteiger partial charge in [0.1, 0.15) is 6.07 Å². The molecule has 1 amide bonds. The molecule has 0 bridgehead atoms. The van der Waals surface area contributed by atoms with E-state index in [4.69, 9.17) is 21.6 Å². The van der Waals surface area contributed by atoms with E-state index in [1.165, 1.54) is 40.7 Å². The van der Waals surface area contributed by atoms with Crippen LogP contribution >= 0.6 is 11.6 Å². The third kappa shape index (κ3) is 4.28. The monoisotopic (exact) mass is 405 g/mol. The molecular weight excluding hydrogens is 390 g/mol. The summed E-state index contributed by atoms with van der Waals surface area (Å²) in [6.07, 6.45) is 0. The van der Waals surface area contributed by atoms with Crippen LogP contribution in [0.1, 0.15) is 15.9 Å². The molecule has 1 aliphatic rings. The summed E-state index contributed by atoms with van der Waals surface area (Å²) >= 11 is 5.88. The summed E-state index contributed by atoms with van der Waals surface area (Å²) in [6, 6.07) is 12.3. The van der Waals surface area contributed by atoms with Crippen LogP contribution in [0.15, 0.2) is 47.4 Å². The van der Waals surface area contributed by atoms with E-state index in [1.807, 2.05) is 6.07 Å². The minimum absolute atomic E-state index is 0.0471. The summed E-state index contributed by atoms with van der Waals surface area (Å²) in [5, 5.41) is 11.9. The SMILES string of the molecule is N#Cc1cc(NC(=O)c2cccc(S(=O)(=O)N3CCOCC3)c2)ccc1Cl. The van der Waals surface area contributed by atoms with Crippen molar-refractivity contribution in [2.75, 3.05) is 31.6 Å². The first-order valence-corrected chi connectivity index (χ1v) is 9.92. The first-order valence-electron chi connectivity index (χ1n) is 8.11. The van der Waals surface area contributed by atoms with Crippen molar-refractivity contribution < 1.29 is 17.9 Å². The molecule has 0 saturated carbocycles. The Balaban J connectivity index is 1.83. The van der Waals surface area contributed by atoms with Gasteiger partial charge in [0.15, 0.2) is 0 Å². The lowest BCUT2D eigenvalue weighted by Crippen LogP contribution is -2.40. The Morgan fingerprint density at radius 2 is 1.93 bits per heavy atom. The van der Waals surface area contributed by atoms with Gasteiger partial charge in [-0.05, 0) is 36.4 Å². The molecule has 0 radical (unpaired) electrons. The first kappa shape index (κ1) is 19.3. The normalized spacial score (nSPS) is 15.1. The number of hydrogen-bond acceptors (Lipinski definition) is 5. The van der Waals surface area contributed by atoms with Crippen molar-refractivity contribution in [3.8, 4) is 6.07 Å². The zero-order chi connectivity index (χ0) is 19.4. The number of anilines is 1. The van der Waals surface area contributed by atoms with Gasteiger partial charge in [-0.25, -0.2) is 8.42 Å². The molecule has 0 atom stereocenters. The first-order chi connectivity index (χ1) is 12.9. The molecule has 1 N–H and O–H groups in total. The Morgan fingerprint density at radius 1 is 1.19 bits per heavy atom. The summed E-state index contributed by atoms with van der Waals surface area (Å²) in [7, 11) is -3.69. The van der Waals surface area contributed by atoms with Gasteiger partial charge in [-0.1, -0.05) is 17.7 Å². The van der Waals surface area contributed by atoms with Crippen molar-refractivity contribution in [3.63, 3.8) is 0 Å². The van der Waals surface area contributed by atoms with Crippen LogP contribution in [0.25, 0.3) is 0 Å². The second-order valence-corrected chi connectivity index (χ2v) is 8.15. The Labute approximate surface area is 162 Å². The van der Waals surface area contributed by atoms with Crippen molar-refractivity contribution in [3.05, 3.63) is 58.6 Å². The zero-order valence-electron chi connectivity index (χ0n) is 14.2. The highest BCUT2D eigenvalue weighted by Gasteiger charge is 2.26. The standard InChI is InChI=1S/C18H16ClN3O4S/c19-17-5-4-15(10-14(17)12-20)21-18(23)13-2-1-3-16(11-13)27(24,25)22-6-8-26-9-7-22/h1-5,10-11H,6-9H2,(H,21,23). The number of amides is 1. The van der Waals surface area contributed by atoms with E-state index in [0.717, 1.165) is 0 Å². The third-order valence-electron chi connectivity index (χ3n) is 4.05. The largest absolute Gasteiger partial charge is 0.379 e. The second-order valence-electron chi connectivity index (χ2n) is 5.80. The summed E-state index contributed by atoms with van der Waals surface area (Å²) in [6.45, 7) is 1.25. The molecule has 1 saturated heterocycles. The van der Waals surface area contributed by atoms with Gasteiger partial charge in [-0.15, -0.1) is 0 Å². The van der Waals surface area contributed by atoms with Crippen LogP contribution in [-0.4, -0.2) is 44.9 Å². The topological polar surface area (TPSA) is 99.5 Å². The predicted octanol–water partition coefficient (Wildman–Crippen LogP) is 2.48. The fourth-order valence-corrected chi connectivity index (χ4v) is 4.24. The maximum Gasteiger partial charge on any atom is 0.255 e. The average Bonchev–Trinajstić information content (AvgIpc) is 2.70. The van der Waals surface area contributed by atoms with Crippen LogP contribution in [0, 0.1) is 11.3 Å². The van der Waals surface area contributed by atoms with E-state index in [0.29, 0.717) is 18.9 Å². The molecule has 2 aromatic carbocycles. The molecule has 0 aliphatic carbocycles. The summed E-state index contributed by atoms with van der Waals surface area (Å²) < 4.78 is 32.0. The Morgan fingerprint density at radius 3 is 2.63 bits per heavy atom. The quantitative estimate of drug-likeness (QED) is 0.842. The molecule has 3 rings (SSSR count). The van der Waals surface area contributed by atoms with Crippen LogP contribution < -0.4 is 5.32 Å². The summed E-state index contributed by atoms with van der Waals surface area (Å²) in [5.41, 5.74) is 0.818. The molecule has 140 valence electrons. The molecule has 0 aromatic heterocycles. The van der Waals surface area contributed by atoms with Gasteiger partial charge in [0.05, 0.1) is 28.7 Å². The molecule has 0 unspecified atom stereocenters. The van der Waals surface area contributed by atoms with Crippen LogP contribution in [0.5, 0.6) is 0 Å². The Hall–Kier alpha value is -2.44. The fraction of sp³-hybridized carbons (Fsp3) is 0.222. The van der Waals surface area contributed by atoms with Crippen LogP contribution in [-0.2, 0) is 14.8 Å². The van der Waals surface area contributed by atoms with Crippen LogP contribution in [0.2, 0.25) is 5.02 Å². The van der Waals surface area contributed by atoms with Crippen molar-refractivity contribution in [2.24, 2.45) is 0 Å². The number of nitriles is 1. The number of sulfonamides is 1. The second kappa shape index (κ2) is 8.06. The van der Waals surface area contributed by atoms with Gasteiger partial charge in [-0.2, -0.15) is 9.57 Å². The Bertz CT molecular complexity index is 1010. The highest BCUT2D eigenvalue weighted by atomic mass is 35.5. The van der Waals surface area contributed by atoms with E-state index in [1.54, 1.807) is 6.07 Å². The van der Waals surface area contributed by atoms with Crippen molar-refractivity contribution in [2.45, 2.75) is 4.90 Å². The lowest BCUT2D eigenvalue weighted by Gasteiger charge is -2.26. The maximum atomic E-state index is 12.7. The van der Waals surface area contributed by atoms with Crippen LogP contribution in [0.3, 0.4) is 0 Å². The molecule has 27 heavy (non-hydrogen) atoms. The number of nitrogens with zero attached hydrogens (tertiary/aromatic N) is 2. The maximum absolute atomic E-state index is 12.7. The molecule has 1 fully saturated rings. The summed E-state index contributed by atoms with van der Waals surface area (Å²) in [5.74, 6) is -0.486. The number of carbonyl (C=O) groups excluding carboxylic acids is 1. The fourth-order valence-electron chi connectivity index (χ4n) is 2.63.